The van der Waals surface area contributed by atoms with Crippen molar-refractivity contribution in [2.45, 2.75) is 38.6 Å². The van der Waals surface area contributed by atoms with Gasteiger partial charge in [0.2, 0.25) is 5.91 Å². The predicted molar refractivity (Wildman–Crippen MR) is 116 cm³/mol. The van der Waals surface area contributed by atoms with Gasteiger partial charge in [-0.2, -0.15) is 5.10 Å². The lowest BCUT2D eigenvalue weighted by molar-refractivity contribution is -0.121. The molecule has 0 fully saturated rings. The molecule has 1 aliphatic carbocycles. The molecular formula is C24H23F2N3O2. The molecule has 1 aliphatic rings. The number of aromatic nitrogens is 2. The van der Waals surface area contributed by atoms with Crippen LogP contribution in [0.15, 0.2) is 58.9 Å². The van der Waals surface area contributed by atoms with Gasteiger partial charge >= 0.3 is 0 Å². The molecule has 5 nitrogen and oxygen atoms in total. The van der Waals surface area contributed by atoms with Crippen molar-refractivity contribution < 1.29 is 13.6 Å². The summed E-state index contributed by atoms with van der Waals surface area (Å²) in [6.45, 7) is 0.252. The molecule has 1 aromatic heterocycles. The van der Waals surface area contributed by atoms with E-state index in [2.05, 4.69) is 16.5 Å². The van der Waals surface area contributed by atoms with Crippen LogP contribution in [0.4, 0.5) is 8.78 Å². The Labute approximate surface area is 178 Å². The summed E-state index contributed by atoms with van der Waals surface area (Å²) in [6.07, 6.45) is 7.59. The van der Waals surface area contributed by atoms with Gasteiger partial charge in [-0.25, -0.2) is 13.5 Å². The number of amides is 1. The maximum absolute atomic E-state index is 13.8. The molecule has 1 N–H and O–H groups in total. The second-order valence-electron chi connectivity index (χ2n) is 7.69. The second-order valence-corrected chi connectivity index (χ2v) is 7.69. The van der Waals surface area contributed by atoms with Crippen LogP contribution >= 0.6 is 0 Å². The number of carbonyl (C=O) groups is 1. The van der Waals surface area contributed by atoms with E-state index < -0.39 is 17.2 Å². The number of nitrogens with zero attached hydrogens (tertiary/aromatic N) is 2. The summed E-state index contributed by atoms with van der Waals surface area (Å²) in [5.74, 6) is -2.29. The lowest BCUT2D eigenvalue weighted by Gasteiger charge is -2.14. The zero-order chi connectivity index (χ0) is 21.8. The monoisotopic (exact) mass is 423 g/mol. The van der Waals surface area contributed by atoms with Crippen LogP contribution in [-0.2, 0) is 11.3 Å². The van der Waals surface area contributed by atoms with Crippen LogP contribution in [0, 0.1) is 11.6 Å². The Bertz CT molecular complexity index is 1220. The summed E-state index contributed by atoms with van der Waals surface area (Å²) >= 11 is 0. The highest BCUT2D eigenvalue weighted by molar-refractivity contribution is 5.93. The fourth-order valence-corrected chi connectivity index (χ4v) is 3.89. The molecule has 4 rings (SSSR count). The SMILES string of the molecule is O=C(Cn1nc(-c2ccc(F)c(F)c2)c2ccccc2c1=O)NCCC1=CCCCC1. The van der Waals surface area contributed by atoms with Crippen LogP contribution in [0.5, 0.6) is 0 Å². The summed E-state index contributed by atoms with van der Waals surface area (Å²) in [7, 11) is 0. The molecule has 0 saturated heterocycles. The van der Waals surface area contributed by atoms with Crippen molar-refractivity contribution in [2.75, 3.05) is 6.54 Å². The van der Waals surface area contributed by atoms with Gasteiger partial charge in [0.15, 0.2) is 11.6 Å². The maximum Gasteiger partial charge on any atom is 0.275 e. The smallest absolute Gasteiger partial charge is 0.275 e. The summed E-state index contributed by atoms with van der Waals surface area (Å²) in [6, 6.07) is 10.2. The maximum atomic E-state index is 13.8. The molecule has 1 amide bonds. The highest BCUT2D eigenvalue weighted by Crippen LogP contribution is 2.26. The molecule has 31 heavy (non-hydrogen) atoms. The van der Waals surface area contributed by atoms with E-state index in [9.17, 15) is 18.4 Å². The Morgan fingerprint density at radius 3 is 2.61 bits per heavy atom. The molecule has 160 valence electrons. The zero-order valence-electron chi connectivity index (χ0n) is 17.0. The predicted octanol–water partition coefficient (Wildman–Crippen LogP) is 4.35. The Morgan fingerprint density at radius 1 is 1.06 bits per heavy atom. The average molecular weight is 423 g/mol. The number of allylic oxidation sites excluding steroid dienone is 1. The van der Waals surface area contributed by atoms with Gasteiger partial charge in [-0.15, -0.1) is 0 Å². The summed E-state index contributed by atoms with van der Waals surface area (Å²) in [5.41, 5.74) is 1.59. The number of carbonyl (C=O) groups excluding carboxylic acids is 1. The highest BCUT2D eigenvalue weighted by Gasteiger charge is 2.15. The van der Waals surface area contributed by atoms with Crippen molar-refractivity contribution >= 4 is 16.7 Å². The minimum Gasteiger partial charge on any atom is -0.354 e. The van der Waals surface area contributed by atoms with Gasteiger partial charge in [0.25, 0.3) is 5.56 Å². The molecule has 0 atom stereocenters. The molecule has 1 heterocycles. The van der Waals surface area contributed by atoms with E-state index in [0.717, 1.165) is 36.1 Å². The first-order chi connectivity index (χ1) is 15.0. The molecule has 0 radical (unpaired) electrons. The minimum absolute atomic E-state index is 0.251. The Morgan fingerprint density at radius 2 is 1.87 bits per heavy atom. The van der Waals surface area contributed by atoms with E-state index in [4.69, 9.17) is 0 Å². The molecule has 0 saturated carbocycles. The van der Waals surface area contributed by atoms with E-state index in [1.54, 1.807) is 24.3 Å². The van der Waals surface area contributed by atoms with Crippen LogP contribution in [-0.4, -0.2) is 22.2 Å². The van der Waals surface area contributed by atoms with Gasteiger partial charge < -0.3 is 5.32 Å². The first-order valence-electron chi connectivity index (χ1n) is 10.4. The minimum atomic E-state index is -1.00. The van der Waals surface area contributed by atoms with Crippen molar-refractivity contribution in [2.24, 2.45) is 0 Å². The average Bonchev–Trinajstić information content (AvgIpc) is 2.78. The Kier molecular flexibility index (Phi) is 6.21. The van der Waals surface area contributed by atoms with E-state index in [0.29, 0.717) is 28.6 Å². The molecule has 3 aromatic rings. The highest BCUT2D eigenvalue weighted by atomic mass is 19.2. The molecule has 0 unspecified atom stereocenters. The number of rotatable bonds is 6. The topological polar surface area (TPSA) is 64.0 Å². The Hall–Kier alpha value is -3.35. The van der Waals surface area contributed by atoms with Gasteiger partial charge in [-0.05, 0) is 56.4 Å². The number of hydrogen-bond acceptors (Lipinski definition) is 3. The van der Waals surface area contributed by atoms with Gasteiger partial charge in [0, 0.05) is 17.5 Å². The summed E-state index contributed by atoms with van der Waals surface area (Å²) < 4.78 is 28.3. The van der Waals surface area contributed by atoms with Gasteiger partial charge in [0.05, 0.1) is 11.1 Å². The van der Waals surface area contributed by atoms with Crippen molar-refractivity contribution in [3.8, 4) is 11.3 Å². The first-order valence-corrected chi connectivity index (χ1v) is 10.4. The second kappa shape index (κ2) is 9.20. The fourth-order valence-electron chi connectivity index (χ4n) is 3.89. The summed E-state index contributed by atoms with van der Waals surface area (Å²) in [4.78, 5) is 25.3. The van der Waals surface area contributed by atoms with Crippen LogP contribution < -0.4 is 10.9 Å². The van der Waals surface area contributed by atoms with Crippen molar-refractivity contribution in [1.29, 1.82) is 0 Å². The number of fused-ring (bicyclic) bond motifs is 1. The first kappa shape index (κ1) is 20.9. The van der Waals surface area contributed by atoms with E-state index >= 15 is 0 Å². The van der Waals surface area contributed by atoms with E-state index in [-0.39, 0.29) is 12.5 Å². The molecular weight excluding hydrogens is 400 g/mol. The van der Waals surface area contributed by atoms with Crippen molar-refractivity contribution in [3.63, 3.8) is 0 Å². The third-order valence-electron chi connectivity index (χ3n) is 5.51. The molecule has 0 bridgehead atoms. The largest absolute Gasteiger partial charge is 0.354 e. The van der Waals surface area contributed by atoms with Crippen LogP contribution in [0.25, 0.3) is 22.0 Å². The van der Waals surface area contributed by atoms with E-state index in [1.807, 2.05) is 0 Å². The lowest BCUT2D eigenvalue weighted by atomic mass is 9.97. The number of nitrogens with one attached hydrogen (secondary N) is 1. The van der Waals surface area contributed by atoms with Crippen LogP contribution in [0.1, 0.15) is 32.1 Å². The van der Waals surface area contributed by atoms with Crippen molar-refractivity contribution in [3.05, 3.63) is 76.1 Å². The number of benzene rings is 2. The summed E-state index contributed by atoms with van der Waals surface area (Å²) in [5, 5.41) is 8.03. The van der Waals surface area contributed by atoms with Crippen LogP contribution in [0.3, 0.4) is 0 Å². The standard InChI is InChI=1S/C24H23F2N3O2/c25-20-11-10-17(14-21(20)26)23-18-8-4-5-9-19(18)24(31)29(28-23)15-22(30)27-13-12-16-6-2-1-3-7-16/h4-6,8-11,14H,1-3,7,12-13,15H2,(H,27,30). The molecule has 0 spiro atoms. The third-order valence-corrected chi connectivity index (χ3v) is 5.51. The zero-order valence-corrected chi connectivity index (χ0v) is 17.0. The number of halogens is 2. The third kappa shape index (κ3) is 4.71. The molecule has 0 aliphatic heterocycles. The molecule has 7 heteroatoms. The van der Waals surface area contributed by atoms with Gasteiger partial charge in [-0.3, -0.25) is 9.59 Å². The van der Waals surface area contributed by atoms with E-state index in [1.165, 1.54) is 24.5 Å². The molecule has 2 aromatic carbocycles. The van der Waals surface area contributed by atoms with Gasteiger partial charge in [-0.1, -0.05) is 29.8 Å². The number of hydrogen-bond donors (Lipinski definition) is 1. The Balaban J connectivity index is 1.59. The van der Waals surface area contributed by atoms with Gasteiger partial charge in [0.1, 0.15) is 6.54 Å². The van der Waals surface area contributed by atoms with Crippen LogP contribution in [0.2, 0.25) is 0 Å². The lowest BCUT2D eigenvalue weighted by Crippen LogP contribution is -2.34. The normalized spacial score (nSPS) is 13.8. The fraction of sp³-hybridized carbons (Fsp3) is 0.292. The quantitative estimate of drug-likeness (QED) is 0.600. The van der Waals surface area contributed by atoms with Crippen molar-refractivity contribution in [1.82, 2.24) is 15.1 Å².